The fourth-order valence-electron chi connectivity index (χ4n) is 2.49. The van der Waals surface area contributed by atoms with Crippen LogP contribution in [-0.2, 0) is 32.3 Å². The molecule has 134 valence electrons. The fourth-order valence-corrected chi connectivity index (χ4v) is 3.64. The van der Waals surface area contributed by atoms with Gasteiger partial charge in [-0.2, -0.15) is 8.42 Å². The quantitative estimate of drug-likeness (QED) is 0.551. The van der Waals surface area contributed by atoms with Gasteiger partial charge in [-0.1, -0.05) is 91.0 Å². The normalized spacial score (nSPS) is 12.6. The van der Waals surface area contributed by atoms with Gasteiger partial charge >= 0.3 is 0 Å². The first-order chi connectivity index (χ1) is 12.6. The van der Waals surface area contributed by atoms with Crippen molar-refractivity contribution >= 4 is 10.1 Å². The van der Waals surface area contributed by atoms with Crippen molar-refractivity contribution in [3.63, 3.8) is 0 Å². The molecule has 0 spiro atoms. The molecular weight excluding hydrogens is 348 g/mol. The second-order valence-corrected chi connectivity index (χ2v) is 7.43. The van der Waals surface area contributed by atoms with Gasteiger partial charge < -0.3 is 4.74 Å². The third-order valence-corrected chi connectivity index (χ3v) is 5.19. The summed E-state index contributed by atoms with van der Waals surface area (Å²) in [5.74, 6) is 0. The standard InChI is InChI=1S/C21H20O4S/c22-26(23,25-17-19-12-6-2-7-13-19)21(20-14-8-3-9-15-20)24-16-18-10-4-1-5-11-18/h1-15,21H,16-17H2. The van der Waals surface area contributed by atoms with Gasteiger partial charge in [-0.15, -0.1) is 0 Å². The molecule has 26 heavy (non-hydrogen) atoms. The third kappa shape index (κ3) is 5.02. The maximum absolute atomic E-state index is 12.8. The molecule has 0 N–H and O–H groups in total. The largest absolute Gasteiger partial charge is 0.351 e. The predicted molar refractivity (Wildman–Crippen MR) is 101 cm³/mol. The molecule has 5 heteroatoms. The van der Waals surface area contributed by atoms with Crippen LogP contribution < -0.4 is 0 Å². The van der Waals surface area contributed by atoms with Crippen LogP contribution in [0.2, 0.25) is 0 Å². The molecule has 0 heterocycles. The monoisotopic (exact) mass is 368 g/mol. The number of hydrogen-bond acceptors (Lipinski definition) is 4. The van der Waals surface area contributed by atoms with Gasteiger partial charge in [0.15, 0.2) is 0 Å². The molecule has 1 unspecified atom stereocenters. The van der Waals surface area contributed by atoms with E-state index in [1.54, 1.807) is 24.3 Å². The lowest BCUT2D eigenvalue weighted by Crippen LogP contribution is -2.19. The molecule has 0 radical (unpaired) electrons. The molecule has 3 aromatic carbocycles. The Labute approximate surface area is 154 Å². The van der Waals surface area contributed by atoms with Crippen molar-refractivity contribution in [2.24, 2.45) is 0 Å². The molecule has 0 aromatic heterocycles. The van der Waals surface area contributed by atoms with E-state index < -0.39 is 15.6 Å². The molecule has 0 saturated carbocycles. The Morgan fingerprint density at radius 2 is 1.12 bits per heavy atom. The highest BCUT2D eigenvalue weighted by molar-refractivity contribution is 7.86. The summed E-state index contributed by atoms with van der Waals surface area (Å²) in [6.45, 7) is 0.148. The summed E-state index contributed by atoms with van der Waals surface area (Å²) < 4.78 is 36.6. The molecule has 0 amide bonds. The minimum absolute atomic E-state index is 0.0266. The first-order valence-electron chi connectivity index (χ1n) is 8.28. The van der Waals surface area contributed by atoms with Gasteiger partial charge in [0.25, 0.3) is 10.1 Å². The molecule has 0 bridgehead atoms. The van der Waals surface area contributed by atoms with Crippen LogP contribution in [0.4, 0.5) is 0 Å². The topological polar surface area (TPSA) is 52.6 Å². The summed E-state index contributed by atoms with van der Waals surface area (Å²) in [6.07, 6.45) is 0. The zero-order valence-electron chi connectivity index (χ0n) is 14.2. The molecule has 1 atom stereocenters. The van der Waals surface area contributed by atoms with E-state index >= 15 is 0 Å². The molecule has 0 fully saturated rings. The van der Waals surface area contributed by atoms with Crippen LogP contribution in [0.15, 0.2) is 91.0 Å². The summed E-state index contributed by atoms with van der Waals surface area (Å²) in [6, 6.07) is 27.5. The first-order valence-corrected chi connectivity index (χ1v) is 9.75. The van der Waals surface area contributed by atoms with E-state index in [1.807, 2.05) is 66.7 Å². The van der Waals surface area contributed by atoms with E-state index in [9.17, 15) is 8.42 Å². The van der Waals surface area contributed by atoms with E-state index in [0.717, 1.165) is 11.1 Å². The number of benzene rings is 3. The lowest BCUT2D eigenvalue weighted by Gasteiger charge is -2.19. The smallest absolute Gasteiger partial charge is 0.299 e. The van der Waals surface area contributed by atoms with Crippen molar-refractivity contribution in [2.45, 2.75) is 18.6 Å². The van der Waals surface area contributed by atoms with Crippen LogP contribution in [0, 0.1) is 0 Å². The van der Waals surface area contributed by atoms with Gasteiger partial charge in [-0.25, -0.2) is 0 Å². The van der Waals surface area contributed by atoms with Crippen molar-refractivity contribution in [2.75, 3.05) is 0 Å². The lowest BCUT2D eigenvalue weighted by atomic mass is 10.2. The predicted octanol–water partition coefficient (Wildman–Crippen LogP) is 4.45. The molecule has 0 aliphatic carbocycles. The molecule has 3 aromatic rings. The van der Waals surface area contributed by atoms with Crippen molar-refractivity contribution in [3.05, 3.63) is 108 Å². The number of rotatable bonds is 8. The summed E-state index contributed by atoms with van der Waals surface area (Å²) in [4.78, 5) is 0. The highest BCUT2D eigenvalue weighted by Crippen LogP contribution is 2.27. The maximum atomic E-state index is 12.8. The Balaban J connectivity index is 1.77. The third-order valence-electron chi connectivity index (χ3n) is 3.81. The van der Waals surface area contributed by atoms with Gasteiger partial charge in [0.2, 0.25) is 5.44 Å². The van der Waals surface area contributed by atoms with Crippen LogP contribution in [0.3, 0.4) is 0 Å². The molecule has 0 aliphatic rings. The van der Waals surface area contributed by atoms with E-state index in [1.165, 1.54) is 0 Å². The van der Waals surface area contributed by atoms with Gasteiger partial charge in [0.1, 0.15) is 0 Å². The zero-order valence-corrected chi connectivity index (χ0v) is 15.0. The van der Waals surface area contributed by atoms with Crippen molar-refractivity contribution in [1.29, 1.82) is 0 Å². The number of hydrogen-bond donors (Lipinski definition) is 0. The summed E-state index contributed by atoms with van der Waals surface area (Å²) in [5, 5.41) is 0. The van der Waals surface area contributed by atoms with E-state index in [4.69, 9.17) is 8.92 Å². The maximum Gasteiger partial charge on any atom is 0.299 e. The Kier molecular flexibility index (Phi) is 6.17. The van der Waals surface area contributed by atoms with Crippen molar-refractivity contribution in [3.8, 4) is 0 Å². The zero-order chi connectivity index (χ0) is 18.2. The summed E-state index contributed by atoms with van der Waals surface area (Å²) in [5.41, 5.74) is 1.03. The van der Waals surface area contributed by atoms with Crippen LogP contribution in [0.5, 0.6) is 0 Å². The Morgan fingerprint density at radius 3 is 1.65 bits per heavy atom. The molecule has 4 nitrogen and oxygen atoms in total. The van der Waals surface area contributed by atoms with Crippen LogP contribution in [-0.4, -0.2) is 8.42 Å². The highest BCUT2D eigenvalue weighted by atomic mass is 32.2. The van der Waals surface area contributed by atoms with Crippen LogP contribution >= 0.6 is 0 Å². The van der Waals surface area contributed by atoms with Gasteiger partial charge in [-0.05, 0) is 16.7 Å². The second kappa shape index (κ2) is 8.76. The van der Waals surface area contributed by atoms with E-state index in [0.29, 0.717) is 5.56 Å². The van der Waals surface area contributed by atoms with Gasteiger partial charge in [-0.3, -0.25) is 4.18 Å². The van der Waals surface area contributed by atoms with Gasteiger partial charge in [0.05, 0.1) is 13.2 Å². The minimum atomic E-state index is -3.97. The number of ether oxygens (including phenoxy) is 1. The highest BCUT2D eigenvalue weighted by Gasteiger charge is 2.29. The van der Waals surface area contributed by atoms with E-state index in [2.05, 4.69) is 0 Å². The first kappa shape index (κ1) is 18.3. The molecule has 0 aliphatic heterocycles. The van der Waals surface area contributed by atoms with Crippen molar-refractivity contribution in [1.82, 2.24) is 0 Å². The Hall–Kier alpha value is -2.47. The minimum Gasteiger partial charge on any atom is -0.351 e. The molecular formula is C21H20O4S. The Morgan fingerprint density at radius 1 is 0.654 bits per heavy atom. The Bertz CT molecular complexity index is 895. The fraction of sp³-hybridized carbons (Fsp3) is 0.143. The molecule has 3 rings (SSSR count). The molecule has 0 saturated heterocycles. The van der Waals surface area contributed by atoms with Gasteiger partial charge in [0, 0.05) is 0 Å². The lowest BCUT2D eigenvalue weighted by molar-refractivity contribution is 0.0807. The summed E-state index contributed by atoms with van der Waals surface area (Å²) >= 11 is 0. The average molecular weight is 368 g/mol. The van der Waals surface area contributed by atoms with Crippen LogP contribution in [0.25, 0.3) is 0 Å². The SMILES string of the molecule is O=S(=O)(OCc1ccccc1)C(OCc1ccccc1)c1ccccc1. The average Bonchev–Trinajstić information content (AvgIpc) is 2.69. The second-order valence-electron chi connectivity index (χ2n) is 5.78. The van der Waals surface area contributed by atoms with Crippen LogP contribution in [0.1, 0.15) is 22.1 Å². The summed E-state index contributed by atoms with van der Waals surface area (Å²) in [7, 11) is -3.97. The van der Waals surface area contributed by atoms with Crippen molar-refractivity contribution < 1.29 is 17.3 Å². The van der Waals surface area contributed by atoms with E-state index in [-0.39, 0.29) is 13.2 Å².